The maximum atomic E-state index is 11.6. The third-order valence-electron chi connectivity index (χ3n) is 3.26. The van der Waals surface area contributed by atoms with Crippen molar-refractivity contribution in [2.75, 3.05) is 13.6 Å². The zero-order valence-electron chi connectivity index (χ0n) is 12.1. The molecular weight excluding hydrogens is 290 g/mol. The second kappa shape index (κ2) is 6.63. The molecule has 1 heterocycles. The second-order valence-corrected chi connectivity index (χ2v) is 5.33. The first-order valence-electron chi connectivity index (χ1n) is 6.73. The van der Waals surface area contributed by atoms with Gasteiger partial charge in [0.2, 0.25) is 11.8 Å². The van der Waals surface area contributed by atoms with E-state index < -0.39 is 0 Å². The van der Waals surface area contributed by atoms with Crippen LogP contribution in [0.1, 0.15) is 24.5 Å². The molecule has 0 radical (unpaired) electrons. The Bertz CT molecular complexity index is 581. The van der Waals surface area contributed by atoms with E-state index in [-0.39, 0.29) is 18.2 Å². The number of nitrogens with zero attached hydrogens (tertiary/aromatic N) is 1. The molecule has 1 aromatic carbocycles. The van der Waals surface area contributed by atoms with Gasteiger partial charge in [-0.1, -0.05) is 35.9 Å². The standard InChI is InChI=1S/C15H18ClN3O2/c1-10(20)17-8-7-11-3-5-12(6-4-11)13-9-14(21)18-19(2)15(13)16/h3-6H,7-9H2,1-2H3,(H,17,20)(H,18,21). The first-order chi connectivity index (χ1) is 9.97. The van der Waals surface area contributed by atoms with Crippen LogP contribution in [0.15, 0.2) is 29.4 Å². The molecular formula is C15H18ClN3O2. The summed E-state index contributed by atoms with van der Waals surface area (Å²) in [5, 5.41) is 4.81. The van der Waals surface area contributed by atoms with Crippen LogP contribution in [-0.2, 0) is 16.0 Å². The van der Waals surface area contributed by atoms with E-state index in [9.17, 15) is 9.59 Å². The largest absolute Gasteiger partial charge is 0.356 e. The van der Waals surface area contributed by atoms with Crippen LogP contribution >= 0.6 is 11.6 Å². The first-order valence-corrected chi connectivity index (χ1v) is 7.11. The molecule has 1 aliphatic heterocycles. The van der Waals surface area contributed by atoms with E-state index in [0.717, 1.165) is 23.1 Å². The van der Waals surface area contributed by atoms with E-state index in [0.29, 0.717) is 11.7 Å². The molecule has 112 valence electrons. The molecule has 0 saturated heterocycles. The minimum absolute atomic E-state index is 0.0280. The lowest BCUT2D eigenvalue weighted by Crippen LogP contribution is -2.41. The summed E-state index contributed by atoms with van der Waals surface area (Å²) in [7, 11) is 1.71. The van der Waals surface area contributed by atoms with Crippen LogP contribution in [0.5, 0.6) is 0 Å². The highest BCUT2D eigenvalue weighted by Crippen LogP contribution is 2.29. The Balaban J connectivity index is 2.09. The lowest BCUT2D eigenvalue weighted by Gasteiger charge is -2.27. The summed E-state index contributed by atoms with van der Waals surface area (Å²) in [5.74, 6) is -0.105. The first kappa shape index (κ1) is 15.4. The number of benzene rings is 1. The molecule has 0 spiro atoms. The molecule has 2 amide bonds. The molecule has 1 aromatic rings. The molecule has 21 heavy (non-hydrogen) atoms. The Morgan fingerprint density at radius 3 is 2.67 bits per heavy atom. The maximum absolute atomic E-state index is 11.6. The summed E-state index contributed by atoms with van der Waals surface area (Å²) in [5.41, 5.74) is 5.52. The van der Waals surface area contributed by atoms with Crippen molar-refractivity contribution in [3.05, 3.63) is 40.5 Å². The molecule has 1 aliphatic rings. The smallest absolute Gasteiger partial charge is 0.243 e. The van der Waals surface area contributed by atoms with Gasteiger partial charge in [-0.25, -0.2) is 0 Å². The summed E-state index contributed by atoms with van der Waals surface area (Å²) >= 11 is 6.23. The third-order valence-corrected chi connectivity index (χ3v) is 3.74. The summed E-state index contributed by atoms with van der Waals surface area (Å²) in [6, 6.07) is 7.88. The Labute approximate surface area is 128 Å². The average molecular weight is 308 g/mol. The van der Waals surface area contributed by atoms with E-state index in [1.54, 1.807) is 7.05 Å². The van der Waals surface area contributed by atoms with Crippen molar-refractivity contribution in [3.8, 4) is 0 Å². The number of amides is 2. The fourth-order valence-electron chi connectivity index (χ4n) is 2.19. The van der Waals surface area contributed by atoms with Gasteiger partial charge in [0, 0.05) is 26.1 Å². The van der Waals surface area contributed by atoms with Crippen LogP contribution in [0.25, 0.3) is 5.57 Å². The lowest BCUT2D eigenvalue weighted by atomic mass is 10.00. The average Bonchev–Trinajstić information content (AvgIpc) is 2.43. The molecule has 0 bridgehead atoms. The number of hydrazine groups is 1. The van der Waals surface area contributed by atoms with Crippen LogP contribution < -0.4 is 10.7 Å². The Hall–Kier alpha value is -2.01. The number of nitrogens with one attached hydrogen (secondary N) is 2. The summed E-state index contributed by atoms with van der Waals surface area (Å²) < 4.78 is 0. The molecule has 0 unspecified atom stereocenters. The van der Waals surface area contributed by atoms with Crippen LogP contribution in [0, 0.1) is 0 Å². The van der Waals surface area contributed by atoms with Crippen LogP contribution in [0.3, 0.4) is 0 Å². The highest BCUT2D eigenvalue weighted by atomic mass is 35.5. The number of carbonyl (C=O) groups excluding carboxylic acids is 2. The van der Waals surface area contributed by atoms with Gasteiger partial charge >= 0.3 is 0 Å². The molecule has 0 aliphatic carbocycles. The molecule has 6 heteroatoms. The molecule has 0 fully saturated rings. The third kappa shape index (κ3) is 3.98. The quantitative estimate of drug-likeness (QED) is 0.831. The molecule has 0 aromatic heterocycles. The van der Waals surface area contributed by atoms with E-state index >= 15 is 0 Å². The van der Waals surface area contributed by atoms with Crippen molar-refractivity contribution < 1.29 is 9.59 Å². The van der Waals surface area contributed by atoms with Gasteiger partial charge in [-0.2, -0.15) is 0 Å². The SMILES string of the molecule is CC(=O)NCCc1ccc(C2=C(Cl)N(C)NC(=O)C2)cc1. The van der Waals surface area contributed by atoms with Gasteiger partial charge in [-0.3, -0.25) is 20.0 Å². The molecule has 2 rings (SSSR count). The maximum Gasteiger partial charge on any atom is 0.243 e. The van der Waals surface area contributed by atoms with Gasteiger partial charge in [-0.05, 0) is 17.5 Å². The summed E-state index contributed by atoms with van der Waals surface area (Å²) in [4.78, 5) is 22.4. The van der Waals surface area contributed by atoms with Gasteiger partial charge in [0.15, 0.2) is 0 Å². The Morgan fingerprint density at radius 2 is 2.05 bits per heavy atom. The zero-order valence-corrected chi connectivity index (χ0v) is 12.8. The van der Waals surface area contributed by atoms with Crippen molar-refractivity contribution in [1.29, 1.82) is 0 Å². The Kier molecular flexibility index (Phi) is 4.85. The van der Waals surface area contributed by atoms with E-state index in [1.807, 2.05) is 24.3 Å². The minimum atomic E-state index is -0.0772. The fraction of sp³-hybridized carbons (Fsp3) is 0.333. The van der Waals surface area contributed by atoms with E-state index in [2.05, 4.69) is 10.7 Å². The van der Waals surface area contributed by atoms with Gasteiger partial charge in [0.05, 0.1) is 6.42 Å². The zero-order chi connectivity index (χ0) is 15.4. The van der Waals surface area contributed by atoms with Gasteiger partial charge in [0.25, 0.3) is 0 Å². The number of halogens is 1. The predicted molar refractivity (Wildman–Crippen MR) is 82.1 cm³/mol. The normalized spacial score (nSPS) is 15.0. The molecule has 0 atom stereocenters. The van der Waals surface area contributed by atoms with Crippen molar-refractivity contribution >= 4 is 29.0 Å². The van der Waals surface area contributed by atoms with Crippen LogP contribution in [0.4, 0.5) is 0 Å². The molecule has 2 N–H and O–H groups in total. The van der Waals surface area contributed by atoms with Gasteiger partial charge < -0.3 is 5.32 Å². The highest BCUT2D eigenvalue weighted by molar-refractivity contribution is 6.33. The van der Waals surface area contributed by atoms with Crippen LogP contribution in [-0.4, -0.2) is 30.4 Å². The van der Waals surface area contributed by atoms with Crippen molar-refractivity contribution in [2.24, 2.45) is 0 Å². The fourth-order valence-corrected chi connectivity index (χ4v) is 2.41. The monoisotopic (exact) mass is 307 g/mol. The van der Waals surface area contributed by atoms with Crippen LogP contribution in [0.2, 0.25) is 0 Å². The lowest BCUT2D eigenvalue weighted by molar-refractivity contribution is -0.124. The minimum Gasteiger partial charge on any atom is -0.356 e. The molecule has 0 saturated carbocycles. The number of hydrogen-bond donors (Lipinski definition) is 2. The van der Waals surface area contributed by atoms with E-state index in [4.69, 9.17) is 11.6 Å². The van der Waals surface area contributed by atoms with Crippen molar-refractivity contribution in [1.82, 2.24) is 15.8 Å². The summed E-state index contributed by atoms with van der Waals surface area (Å²) in [6.45, 7) is 2.12. The Morgan fingerprint density at radius 1 is 1.38 bits per heavy atom. The number of rotatable bonds is 4. The van der Waals surface area contributed by atoms with Crippen molar-refractivity contribution in [3.63, 3.8) is 0 Å². The number of hydrogen-bond acceptors (Lipinski definition) is 3. The summed E-state index contributed by atoms with van der Waals surface area (Å²) in [6.07, 6.45) is 1.04. The van der Waals surface area contributed by atoms with Gasteiger partial charge in [-0.15, -0.1) is 0 Å². The molecule has 5 nitrogen and oxygen atoms in total. The second-order valence-electron chi connectivity index (χ2n) is 4.97. The predicted octanol–water partition coefficient (Wildman–Crippen LogP) is 1.64. The highest BCUT2D eigenvalue weighted by Gasteiger charge is 2.21. The topological polar surface area (TPSA) is 61.4 Å². The van der Waals surface area contributed by atoms with Gasteiger partial charge in [0.1, 0.15) is 5.16 Å². The van der Waals surface area contributed by atoms with E-state index in [1.165, 1.54) is 11.9 Å². The van der Waals surface area contributed by atoms with Crippen molar-refractivity contribution in [2.45, 2.75) is 19.8 Å². The number of carbonyl (C=O) groups is 2.